The minimum Gasteiger partial charge on any atom is -0.490 e. The summed E-state index contributed by atoms with van der Waals surface area (Å²) in [6, 6.07) is 4.84. The van der Waals surface area contributed by atoms with Gasteiger partial charge in [0, 0.05) is 31.6 Å². The lowest BCUT2D eigenvalue weighted by molar-refractivity contribution is -0.156. The third kappa shape index (κ3) is 5.52. The van der Waals surface area contributed by atoms with E-state index in [2.05, 4.69) is 10.2 Å². The molecule has 2 saturated heterocycles. The second-order valence-electron chi connectivity index (χ2n) is 9.90. The van der Waals surface area contributed by atoms with Crippen LogP contribution in [0.4, 0.5) is 0 Å². The topological polar surface area (TPSA) is 105 Å². The minimum absolute atomic E-state index is 0.000629. The lowest BCUT2D eigenvalue weighted by atomic mass is 10.0. The van der Waals surface area contributed by atoms with E-state index in [9.17, 15) is 19.2 Å². The summed E-state index contributed by atoms with van der Waals surface area (Å²) in [6.07, 6.45) is 2.13. The van der Waals surface area contributed by atoms with Gasteiger partial charge in [0.25, 0.3) is 5.91 Å². The molecule has 0 saturated carbocycles. The van der Waals surface area contributed by atoms with Gasteiger partial charge in [-0.1, -0.05) is 6.07 Å². The summed E-state index contributed by atoms with van der Waals surface area (Å²) in [5.74, 6) is -0.523. The average molecular weight is 458 g/mol. The number of benzene rings is 1. The fourth-order valence-electron chi connectivity index (χ4n) is 4.54. The summed E-state index contributed by atoms with van der Waals surface area (Å²) >= 11 is 0. The maximum atomic E-state index is 13.0. The van der Waals surface area contributed by atoms with Crippen molar-refractivity contribution in [1.82, 2.24) is 15.1 Å². The Morgan fingerprint density at radius 2 is 1.85 bits per heavy atom. The Labute approximate surface area is 193 Å². The number of piperidine rings is 2. The van der Waals surface area contributed by atoms with Crippen LogP contribution in [0.15, 0.2) is 18.2 Å². The molecular weight excluding hydrogens is 426 g/mol. The van der Waals surface area contributed by atoms with E-state index in [1.165, 1.54) is 4.90 Å². The van der Waals surface area contributed by atoms with Crippen molar-refractivity contribution >= 4 is 23.7 Å². The van der Waals surface area contributed by atoms with Crippen LogP contribution < -0.4 is 10.1 Å². The molecule has 1 N–H and O–H groups in total. The number of amides is 3. The highest BCUT2D eigenvalue weighted by molar-refractivity contribution is 6.05. The van der Waals surface area contributed by atoms with E-state index in [-0.39, 0.29) is 36.9 Å². The van der Waals surface area contributed by atoms with Gasteiger partial charge in [0.05, 0.1) is 6.54 Å². The average Bonchev–Trinajstić information content (AvgIpc) is 3.04. The zero-order valence-electron chi connectivity index (χ0n) is 19.4. The second-order valence-corrected chi connectivity index (χ2v) is 9.90. The highest BCUT2D eigenvalue weighted by Gasteiger charge is 2.39. The number of hydrogen-bond acceptors (Lipinski definition) is 7. The van der Waals surface area contributed by atoms with Gasteiger partial charge >= 0.3 is 5.97 Å². The van der Waals surface area contributed by atoms with Gasteiger partial charge < -0.3 is 14.4 Å². The number of fused-ring (bicyclic) bond motifs is 1. The van der Waals surface area contributed by atoms with Crippen molar-refractivity contribution in [3.63, 3.8) is 0 Å². The van der Waals surface area contributed by atoms with E-state index in [0.29, 0.717) is 24.3 Å². The molecule has 33 heavy (non-hydrogen) atoms. The Morgan fingerprint density at radius 3 is 2.52 bits per heavy atom. The number of ether oxygens (including phenoxy) is 2. The smallest absolute Gasteiger partial charge is 0.320 e. The van der Waals surface area contributed by atoms with Crippen LogP contribution >= 0.6 is 0 Å². The third-order valence-electron chi connectivity index (χ3n) is 6.11. The Morgan fingerprint density at radius 1 is 1.12 bits per heavy atom. The van der Waals surface area contributed by atoms with E-state index in [0.717, 1.165) is 31.5 Å². The molecule has 178 valence electrons. The van der Waals surface area contributed by atoms with Crippen molar-refractivity contribution in [2.24, 2.45) is 0 Å². The molecule has 1 unspecified atom stereocenters. The predicted molar refractivity (Wildman–Crippen MR) is 118 cm³/mol. The number of nitrogens with zero attached hydrogens (tertiary/aromatic N) is 2. The van der Waals surface area contributed by atoms with Crippen molar-refractivity contribution in [3.05, 3.63) is 29.3 Å². The Kier molecular flexibility index (Phi) is 6.43. The Balaban J connectivity index is 1.31. The molecular formula is C24H31N3O6. The lowest BCUT2D eigenvalue weighted by Gasteiger charge is -2.32. The SMILES string of the molecule is CC(C)(C)OC(=O)CN1CCC(Oc2ccc3c(c2)C(=O)N(C2CCC(=O)NC2=O)C3)CC1. The minimum atomic E-state index is -0.624. The molecule has 3 aliphatic rings. The van der Waals surface area contributed by atoms with E-state index in [4.69, 9.17) is 9.47 Å². The fraction of sp³-hybridized carbons (Fsp3) is 0.583. The van der Waals surface area contributed by atoms with Gasteiger partial charge in [0.2, 0.25) is 11.8 Å². The molecule has 0 aromatic heterocycles. The number of hydrogen-bond donors (Lipinski definition) is 1. The summed E-state index contributed by atoms with van der Waals surface area (Å²) in [4.78, 5) is 52.2. The first-order chi connectivity index (χ1) is 15.6. The number of nitrogens with one attached hydrogen (secondary N) is 1. The molecule has 0 aliphatic carbocycles. The molecule has 0 radical (unpaired) electrons. The van der Waals surface area contributed by atoms with Crippen LogP contribution in [0.25, 0.3) is 0 Å². The van der Waals surface area contributed by atoms with Crippen molar-refractivity contribution in [1.29, 1.82) is 0 Å². The van der Waals surface area contributed by atoms with E-state index in [1.54, 1.807) is 6.07 Å². The molecule has 3 heterocycles. The standard InChI is InChI=1S/C24H31N3O6/c1-24(2,3)33-21(29)14-26-10-8-16(9-11-26)32-17-5-4-15-13-27(23(31)18(15)12-17)19-6-7-20(28)25-22(19)30/h4-5,12,16,19H,6-11,13-14H2,1-3H3,(H,25,28,30). The van der Waals surface area contributed by atoms with Crippen molar-refractivity contribution in [2.75, 3.05) is 19.6 Å². The molecule has 9 nitrogen and oxygen atoms in total. The highest BCUT2D eigenvalue weighted by Crippen LogP contribution is 2.31. The van der Waals surface area contributed by atoms with Gasteiger partial charge in [-0.05, 0) is 57.7 Å². The monoisotopic (exact) mass is 457 g/mol. The first kappa shape index (κ1) is 23.2. The van der Waals surface area contributed by atoms with E-state index >= 15 is 0 Å². The predicted octanol–water partition coefficient (Wildman–Crippen LogP) is 1.63. The number of carbonyl (C=O) groups is 4. The van der Waals surface area contributed by atoms with Crippen LogP contribution in [0, 0.1) is 0 Å². The first-order valence-electron chi connectivity index (χ1n) is 11.5. The van der Waals surface area contributed by atoms with Gasteiger partial charge in [0.1, 0.15) is 23.5 Å². The lowest BCUT2D eigenvalue weighted by Crippen LogP contribution is -2.52. The summed E-state index contributed by atoms with van der Waals surface area (Å²) < 4.78 is 11.5. The van der Waals surface area contributed by atoms with Crippen molar-refractivity contribution < 1.29 is 28.7 Å². The van der Waals surface area contributed by atoms with Crippen LogP contribution in [0.5, 0.6) is 5.75 Å². The van der Waals surface area contributed by atoms with Crippen LogP contribution in [0.2, 0.25) is 0 Å². The fourth-order valence-corrected chi connectivity index (χ4v) is 4.54. The van der Waals surface area contributed by atoms with E-state index < -0.39 is 17.6 Å². The summed E-state index contributed by atoms with van der Waals surface area (Å²) in [5.41, 5.74) is 0.904. The quantitative estimate of drug-likeness (QED) is 0.529. The molecule has 0 bridgehead atoms. The zero-order chi connectivity index (χ0) is 23.8. The molecule has 3 aliphatic heterocycles. The Bertz CT molecular complexity index is 961. The molecule has 0 spiro atoms. The van der Waals surface area contributed by atoms with Crippen LogP contribution in [0.1, 0.15) is 62.4 Å². The molecule has 1 atom stereocenters. The molecule has 9 heteroatoms. The maximum absolute atomic E-state index is 13.0. The van der Waals surface area contributed by atoms with Crippen molar-refractivity contribution in [3.8, 4) is 5.75 Å². The number of imide groups is 1. The van der Waals surface area contributed by atoms with Crippen LogP contribution in [-0.4, -0.2) is 70.9 Å². The first-order valence-corrected chi connectivity index (χ1v) is 11.5. The molecule has 3 amide bonds. The van der Waals surface area contributed by atoms with Gasteiger partial charge in [-0.15, -0.1) is 0 Å². The van der Waals surface area contributed by atoms with Gasteiger partial charge in [0.15, 0.2) is 0 Å². The van der Waals surface area contributed by atoms with Crippen LogP contribution in [-0.2, 0) is 25.7 Å². The molecule has 4 rings (SSSR count). The number of likely N-dealkylation sites (tertiary alicyclic amines) is 1. The summed E-state index contributed by atoms with van der Waals surface area (Å²) in [7, 11) is 0. The number of carbonyl (C=O) groups excluding carboxylic acids is 4. The van der Waals surface area contributed by atoms with Gasteiger partial charge in [-0.25, -0.2) is 0 Å². The highest BCUT2D eigenvalue weighted by atomic mass is 16.6. The summed E-state index contributed by atoms with van der Waals surface area (Å²) in [6.45, 7) is 7.66. The van der Waals surface area contributed by atoms with Crippen LogP contribution in [0.3, 0.4) is 0 Å². The zero-order valence-corrected chi connectivity index (χ0v) is 19.4. The third-order valence-corrected chi connectivity index (χ3v) is 6.11. The maximum Gasteiger partial charge on any atom is 0.320 e. The second kappa shape index (κ2) is 9.13. The largest absolute Gasteiger partial charge is 0.490 e. The van der Waals surface area contributed by atoms with Gasteiger partial charge in [-0.2, -0.15) is 0 Å². The van der Waals surface area contributed by atoms with Gasteiger partial charge in [-0.3, -0.25) is 29.4 Å². The molecule has 1 aromatic rings. The molecule has 2 fully saturated rings. The summed E-state index contributed by atoms with van der Waals surface area (Å²) in [5, 5.41) is 2.32. The molecule has 1 aromatic carbocycles. The van der Waals surface area contributed by atoms with Crippen molar-refractivity contribution in [2.45, 2.75) is 70.7 Å². The Hall–Kier alpha value is -2.94. The number of rotatable bonds is 5. The number of esters is 1. The normalized spacial score (nSPS) is 22.2. The van der Waals surface area contributed by atoms with E-state index in [1.807, 2.05) is 32.9 Å².